The van der Waals surface area contributed by atoms with Gasteiger partial charge in [0, 0.05) is 17.5 Å². The highest BCUT2D eigenvalue weighted by Gasteiger charge is 2.17. The molecule has 0 radical (unpaired) electrons. The summed E-state index contributed by atoms with van der Waals surface area (Å²) in [6.07, 6.45) is 0.833. The van der Waals surface area contributed by atoms with E-state index in [4.69, 9.17) is 0 Å². The van der Waals surface area contributed by atoms with Crippen LogP contribution >= 0.6 is 15.9 Å². The predicted molar refractivity (Wildman–Crippen MR) is 64.4 cm³/mol. The fourth-order valence-electron chi connectivity index (χ4n) is 1.38. The largest absolute Gasteiger partial charge is 0.269 e. The number of benzene rings is 1. The third kappa shape index (κ3) is 3.63. The van der Waals surface area contributed by atoms with Crippen LogP contribution in [-0.4, -0.2) is 10.3 Å². The van der Waals surface area contributed by atoms with Gasteiger partial charge >= 0.3 is 0 Å². The summed E-state index contributed by atoms with van der Waals surface area (Å²) in [5.74, 6) is 0. The predicted octanol–water partition coefficient (Wildman–Crippen LogP) is 3.56. The molecule has 0 N–H and O–H groups in total. The molecule has 0 fully saturated rings. The Bertz CT molecular complexity index is 363. The van der Waals surface area contributed by atoms with Crippen molar-refractivity contribution in [2.24, 2.45) is 5.41 Å². The van der Waals surface area contributed by atoms with Crippen molar-refractivity contribution in [3.63, 3.8) is 0 Å². The highest BCUT2D eigenvalue weighted by Crippen LogP contribution is 2.25. The molecule has 4 heteroatoms. The van der Waals surface area contributed by atoms with Crippen LogP contribution < -0.4 is 0 Å². The lowest BCUT2D eigenvalue weighted by Crippen LogP contribution is -2.16. The zero-order valence-electron chi connectivity index (χ0n) is 8.87. The van der Waals surface area contributed by atoms with Gasteiger partial charge in [-0.15, -0.1) is 0 Å². The number of non-ortho nitro benzene ring substituents is 1. The van der Waals surface area contributed by atoms with Crippen molar-refractivity contribution in [2.45, 2.75) is 20.3 Å². The molecule has 1 rings (SSSR count). The van der Waals surface area contributed by atoms with Crippen LogP contribution in [0.25, 0.3) is 0 Å². The molecule has 3 nitrogen and oxygen atoms in total. The van der Waals surface area contributed by atoms with Gasteiger partial charge in [-0.3, -0.25) is 10.1 Å². The molecule has 0 bridgehead atoms. The third-order valence-electron chi connectivity index (χ3n) is 2.17. The Labute approximate surface area is 97.8 Å². The molecule has 0 heterocycles. The molecule has 82 valence electrons. The average Bonchev–Trinajstić information content (AvgIpc) is 2.17. The molecular weight excluding hydrogens is 258 g/mol. The zero-order valence-corrected chi connectivity index (χ0v) is 10.5. The van der Waals surface area contributed by atoms with Crippen molar-refractivity contribution in [1.82, 2.24) is 0 Å². The fourth-order valence-corrected chi connectivity index (χ4v) is 1.58. The summed E-state index contributed by atoms with van der Waals surface area (Å²) in [5.41, 5.74) is 1.29. The minimum absolute atomic E-state index is 0.120. The lowest BCUT2D eigenvalue weighted by atomic mass is 9.88. The molecule has 0 unspecified atom stereocenters. The lowest BCUT2D eigenvalue weighted by molar-refractivity contribution is -0.384. The second-order valence-corrected chi connectivity index (χ2v) is 4.96. The van der Waals surface area contributed by atoms with Gasteiger partial charge in [0.2, 0.25) is 0 Å². The smallest absolute Gasteiger partial charge is 0.258 e. The molecular formula is C11H14BrNO2. The molecule has 0 saturated heterocycles. The molecule has 1 aromatic carbocycles. The first-order valence-corrected chi connectivity index (χ1v) is 5.86. The highest BCUT2D eigenvalue weighted by molar-refractivity contribution is 9.09. The number of rotatable bonds is 4. The monoisotopic (exact) mass is 271 g/mol. The number of nitro groups is 1. The van der Waals surface area contributed by atoms with E-state index < -0.39 is 0 Å². The molecule has 0 aliphatic rings. The van der Waals surface area contributed by atoms with Crippen LogP contribution in [0.2, 0.25) is 0 Å². The summed E-state index contributed by atoms with van der Waals surface area (Å²) in [7, 11) is 0. The van der Waals surface area contributed by atoms with Crippen LogP contribution in [0.1, 0.15) is 19.4 Å². The van der Waals surface area contributed by atoms with Crippen LogP contribution in [0.3, 0.4) is 0 Å². The van der Waals surface area contributed by atoms with Crippen molar-refractivity contribution >= 4 is 21.6 Å². The molecule has 0 aliphatic carbocycles. The number of halogens is 1. The third-order valence-corrected chi connectivity index (χ3v) is 3.68. The van der Waals surface area contributed by atoms with E-state index in [1.165, 1.54) is 6.07 Å². The SMILES string of the molecule is CC(C)(CBr)Cc1cccc([N+](=O)[O-])c1. The van der Waals surface area contributed by atoms with Crippen LogP contribution in [0.15, 0.2) is 24.3 Å². The normalized spacial score (nSPS) is 11.4. The number of nitro benzene ring substituents is 1. The van der Waals surface area contributed by atoms with Crippen molar-refractivity contribution in [2.75, 3.05) is 5.33 Å². The van der Waals surface area contributed by atoms with Crippen molar-refractivity contribution < 1.29 is 4.92 Å². The van der Waals surface area contributed by atoms with E-state index >= 15 is 0 Å². The Hall–Kier alpha value is -0.900. The van der Waals surface area contributed by atoms with Crippen LogP contribution in [0.5, 0.6) is 0 Å². The summed E-state index contributed by atoms with van der Waals surface area (Å²) in [4.78, 5) is 10.2. The van der Waals surface area contributed by atoms with E-state index in [2.05, 4.69) is 29.8 Å². The van der Waals surface area contributed by atoms with E-state index in [1.54, 1.807) is 12.1 Å². The topological polar surface area (TPSA) is 43.1 Å². The minimum Gasteiger partial charge on any atom is -0.258 e. The van der Waals surface area contributed by atoms with Gasteiger partial charge in [0.25, 0.3) is 5.69 Å². The van der Waals surface area contributed by atoms with Gasteiger partial charge in [0.15, 0.2) is 0 Å². The number of alkyl halides is 1. The van der Waals surface area contributed by atoms with Gasteiger partial charge in [0.05, 0.1) is 4.92 Å². The molecule has 0 spiro atoms. The van der Waals surface area contributed by atoms with E-state index in [9.17, 15) is 10.1 Å². The van der Waals surface area contributed by atoms with Crippen LogP contribution in [-0.2, 0) is 6.42 Å². The molecule has 0 amide bonds. The Balaban J connectivity index is 2.87. The highest BCUT2D eigenvalue weighted by atomic mass is 79.9. The van der Waals surface area contributed by atoms with Crippen molar-refractivity contribution in [1.29, 1.82) is 0 Å². The Morgan fingerprint density at radius 2 is 2.13 bits per heavy atom. The standard InChI is InChI=1S/C11H14BrNO2/c1-11(2,8-12)7-9-4-3-5-10(6-9)13(14)15/h3-6H,7-8H2,1-2H3. The molecule has 1 aromatic rings. The first kappa shape index (κ1) is 12.2. The second kappa shape index (κ2) is 4.75. The summed E-state index contributed by atoms with van der Waals surface area (Å²) in [5, 5.41) is 11.5. The number of hydrogen-bond donors (Lipinski definition) is 0. The van der Waals surface area contributed by atoms with Gasteiger partial charge in [-0.2, -0.15) is 0 Å². The van der Waals surface area contributed by atoms with Crippen LogP contribution in [0, 0.1) is 15.5 Å². The molecule has 0 aliphatic heterocycles. The minimum atomic E-state index is -0.357. The van der Waals surface area contributed by atoms with Crippen LogP contribution in [0.4, 0.5) is 5.69 Å². The number of nitrogens with zero attached hydrogens (tertiary/aromatic N) is 1. The molecule has 0 aromatic heterocycles. The summed E-state index contributed by atoms with van der Waals surface area (Å²) >= 11 is 3.44. The maximum absolute atomic E-state index is 10.6. The Morgan fingerprint density at radius 1 is 1.47 bits per heavy atom. The first-order valence-electron chi connectivity index (χ1n) is 4.74. The Kier molecular flexibility index (Phi) is 3.85. The Morgan fingerprint density at radius 3 is 2.67 bits per heavy atom. The quantitative estimate of drug-likeness (QED) is 0.478. The number of hydrogen-bond acceptors (Lipinski definition) is 2. The maximum atomic E-state index is 10.6. The molecule has 15 heavy (non-hydrogen) atoms. The summed E-state index contributed by atoms with van der Waals surface area (Å²) < 4.78 is 0. The lowest BCUT2D eigenvalue weighted by Gasteiger charge is -2.21. The van der Waals surface area contributed by atoms with Gasteiger partial charge in [-0.1, -0.05) is 41.9 Å². The van der Waals surface area contributed by atoms with Crippen molar-refractivity contribution in [3.8, 4) is 0 Å². The average molecular weight is 272 g/mol. The summed E-state index contributed by atoms with van der Waals surface area (Å²) in [6.45, 7) is 4.25. The van der Waals surface area contributed by atoms with Gasteiger partial charge in [-0.25, -0.2) is 0 Å². The van der Waals surface area contributed by atoms with Gasteiger partial charge in [-0.05, 0) is 17.4 Å². The maximum Gasteiger partial charge on any atom is 0.269 e. The first-order chi connectivity index (χ1) is 6.94. The van der Waals surface area contributed by atoms with Crippen molar-refractivity contribution in [3.05, 3.63) is 39.9 Å². The van der Waals surface area contributed by atoms with Gasteiger partial charge in [0.1, 0.15) is 0 Å². The molecule has 0 saturated carbocycles. The van der Waals surface area contributed by atoms with E-state index in [0.717, 1.165) is 17.3 Å². The summed E-state index contributed by atoms with van der Waals surface area (Å²) in [6, 6.07) is 6.82. The van der Waals surface area contributed by atoms with E-state index in [-0.39, 0.29) is 16.0 Å². The fraction of sp³-hybridized carbons (Fsp3) is 0.455. The zero-order chi connectivity index (χ0) is 11.5. The van der Waals surface area contributed by atoms with E-state index in [0.29, 0.717) is 0 Å². The second-order valence-electron chi connectivity index (χ2n) is 4.40. The van der Waals surface area contributed by atoms with Gasteiger partial charge < -0.3 is 0 Å². The molecule has 0 atom stereocenters. The van der Waals surface area contributed by atoms with E-state index in [1.807, 2.05) is 6.07 Å².